The first kappa shape index (κ1) is 24.7. The van der Waals surface area contributed by atoms with Gasteiger partial charge in [-0.15, -0.1) is 0 Å². The van der Waals surface area contributed by atoms with Crippen LogP contribution in [0, 0.1) is 0 Å². The normalized spacial score (nSPS) is 13.6. The van der Waals surface area contributed by atoms with Crippen molar-refractivity contribution in [2.75, 3.05) is 20.6 Å². The number of quaternary nitrogens is 1. The van der Waals surface area contributed by atoms with Gasteiger partial charge in [0.2, 0.25) is 0 Å². The molecule has 0 spiro atoms. The van der Waals surface area contributed by atoms with Crippen LogP contribution in [0.25, 0.3) is 0 Å². The van der Waals surface area contributed by atoms with E-state index in [0.29, 0.717) is 0 Å². The molecule has 150 valence electrons. The van der Waals surface area contributed by atoms with Crippen molar-refractivity contribution in [3.05, 3.63) is 12.2 Å². The smallest absolute Gasteiger partial charge is 0.0883 e. The topological polar surface area (TPSA) is 0 Å². The summed E-state index contributed by atoms with van der Waals surface area (Å²) in [5.74, 6) is 0. The minimum atomic E-state index is 0.856. The number of hydrogen-bond acceptors (Lipinski definition) is 0. The van der Waals surface area contributed by atoms with Crippen LogP contribution < -0.4 is 0 Å². The molecular weight excluding hydrogens is 302 g/mol. The van der Waals surface area contributed by atoms with E-state index in [-0.39, 0.29) is 0 Å². The molecule has 0 amide bonds. The van der Waals surface area contributed by atoms with Crippen LogP contribution in [-0.4, -0.2) is 31.2 Å². The average molecular weight is 353 g/mol. The molecule has 0 aliphatic carbocycles. The predicted octanol–water partition coefficient (Wildman–Crippen LogP) is 7.90. The summed E-state index contributed by atoms with van der Waals surface area (Å²) in [5, 5.41) is 0. The number of rotatable bonds is 18. The van der Waals surface area contributed by atoms with E-state index < -0.39 is 0 Å². The fourth-order valence-electron chi connectivity index (χ4n) is 3.76. The zero-order valence-corrected chi connectivity index (χ0v) is 18.5. The van der Waals surface area contributed by atoms with Crippen LogP contribution in [0.4, 0.5) is 0 Å². The lowest BCUT2D eigenvalue weighted by Crippen LogP contribution is -2.48. The van der Waals surface area contributed by atoms with Crippen LogP contribution >= 0.6 is 0 Å². The summed E-state index contributed by atoms with van der Waals surface area (Å²) in [6.45, 7) is 8.22. The van der Waals surface area contributed by atoms with Crippen LogP contribution in [0.1, 0.15) is 117 Å². The summed E-state index contributed by atoms with van der Waals surface area (Å²) >= 11 is 0. The molecule has 0 rings (SSSR count). The number of unbranched alkanes of at least 4 members (excludes halogenated alkanes) is 11. The highest BCUT2D eigenvalue weighted by molar-refractivity contribution is 4.81. The molecule has 0 bridgehead atoms. The van der Waals surface area contributed by atoms with E-state index in [1.165, 1.54) is 107 Å². The maximum atomic E-state index is 2.43. The molecule has 0 aliphatic rings. The highest BCUT2D eigenvalue weighted by atomic mass is 15.3. The second-order valence-electron chi connectivity index (χ2n) is 8.53. The van der Waals surface area contributed by atoms with Crippen molar-refractivity contribution < 1.29 is 4.48 Å². The van der Waals surface area contributed by atoms with E-state index in [4.69, 9.17) is 0 Å². The third-order valence-electron chi connectivity index (χ3n) is 6.07. The summed E-state index contributed by atoms with van der Waals surface area (Å²) in [4.78, 5) is 0. The van der Waals surface area contributed by atoms with Gasteiger partial charge in [0.25, 0.3) is 0 Å². The minimum absolute atomic E-state index is 0.856. The summed E-state index contributed by atoms with van der Waals surface area (Å²) < 4.78 is 1.19. The highest BCUT2D eigenvalue weighted by Crippen LogP contribution is 2.18. The molecule has 0 N–H and O–H groups in total. The van der Waals surface area contributed by atoms with Gasteiger partial charge in [0.1, 0.15) is 0 Å². The second kappa shape index (κ2) is 17.1. The zero-order chi connectivity index (χ0) is 18.8. The largest absolute Gasteiger partial charge is 0.326 e. The maximum Gasteiger partial charge on any atom is 0.0883 e. The van der Waals surface area contributed by atoms with E-state index >= 15 is 0 Å². The van der Waals surface area contributed by atoms with Gasteiger partial charge in [0.15, 0.2) is 0 Å². The molecule has 0 aromatic rings. The Bertz CT molecular complexity index is 292. The summed E-state index contributed by atoms with van der Waals surface area (Å²) in [6, 6.07) is 0.856. The van der Waals surface area contributed by atoms with Crippen molar-refractivity contribution in [1.82, 2.24) is 0 Å². The van der Waals surface area contributed by atoms with Crippen LogP contribution in [0.15, 0.2) is 12.2 Å². The van der Waals surface area contributed by atoms with E-state index in [2.05, 4.69) is 47.0 Å². The molecule has 25 heavy (non-hydrogen) atoms. The van der Waals surface area contributed by atoms with Crippen molar-refractivity contribution in [3.8, 4) is 0 Å². The zero-order valence-electron chi connectivity index (χ0n) is 18.5. The lowest BCUT2D eigenvalue weighted by atomic mass is 10.0. The van der Waals surface area contributed by atoms with Gasteiger partial charge >= 0.3 is 0 Å². The lowest BCUT2D eigenvalue weighted by Gasteiger charge is -2.37. The van der Waals surface area contributed by atoms with Crippen LogP contribution in [0.5, 0.6) is 0 Å². The molecular formula is C24H50N+. The van der Waals surface area contributed by atoms with Gasteiger partial charge in [0.05, 0.1) is 26.7 Å². The molecule has 0 fully saturated rings. The molecule has 0 saturated heterocycles. The second-order valence-corrected chi connectivity index (χ2v) is 8.53. The van der Waals surface area contributed by atoms with Crippen LogP contribution in [0.3, 0.4) is 0 Å². The standard InChI is InChI=1S/C24H50N/c1-6-9-10-11-12-13-14-15-16-17-18-19-20-21-22-23-24(7-2)25(4,5)8-3/h15-16,24H,6-14,17-23H2,1-5H3/q+1. The average Bonchev–Trinajstić information content (AvgIpc) is 2.61. The van der Waals surface area contributed by atoms with Crippen molar-refractivity contribution in [3.63, 3.8) is 0 Å². The lowest BCUT2D eigenvalue weighted by molar-refractivity contribution is -0.914. The quantitative estimate of drug-likeness (QED) is 0.134. The summed E-state index contributed by atoms with van der Waals surface area (Å²) in [6.07, 6.45) is 25.8. The Hall–Kier alpha value is -0.300. The molecule has 1 heteroatoms. The first-order chi connectivity index (χ1) is 12.1. The van der Waals surface area contributed by atoms with Crippen molar-refractivity contribution in [2.45, 2.75) is 123 Å². The number of hydrogen-bond donors (Lipinski definition) is 0. The Kier molecular flexibility index (Phi) is 16.9. The van der Waals surface area contributed by atoms with Gasteiger partial charge in [-0.25, -0.2) is 0 Å². The first-order valence-corrected chi connectivity index (χ1v) is 11.6. The summed E-state index contributed by atoms with van der Waals surface area (Å²) in [5.41, 5.74) is 0. The third kappa shape index (κ3) is 14.5. The molecule has 0 radical (unpaired) electrons. The predicted molar refractivity (Wildman–Crippen MR) is 116 cm³/mol. The van der Waals surface area contributed by atoms with E-state index in [9.17, 15) is 0 Å². The monoisotopic (exact) mass is 352 g/mol. The summed E-state index contributed by atoms with van der Waals surface area (Å²) in [7, 11) is 4.79. The molecule has 1 atom stereocenters. The first-order valence-electron chi connectivity index (χ1n) is 11.6. The SMILES string of the molecule is CCCCCCCCC=CCCCCCCCC(CC)[N+](C)(C)CC. The highest BCUT2D eigenvalue weighted by Gasteiger charge is 2.23. The van der Waals surface area contributed by atoms with Gasteiger partial charge in [-0.3, -0.25) is 0 Å². The molecule has 0 saturated carbocycles. The fourth-order valence-corrected chi connectivity index (χ4v) is 3.76. The van der Waals surface area contributed by atoms with Gasteiger partial charge in [0, 0.05) is 0 Å². The van der Waals surface area contributed by atoms with Crippen LogP contribution in [0.2, 0.25) is 0 Å². The van der Waals surface area contributed by atoms with E-state index in [1.807, 2.05) is 0 Å². The molecule has 0 aliphatic heterocycles. The van der Waals surface area contributed by atoms with Crippen molar-refractivity contribution in [2.24, 2.45) is 0 Å². The molecule has 0 heterocycles. The molecule has 1 unspecified atom stereocenters. The van der Waals surface area contributed by atoms with Gasteiger partial charge in [-0.1, -0.05) is 77.4 Å². The number of allylic oxidation sites excluding steroid dienone is 2. The molecule has 0 aromatic carbocycles. The minimum Gasteiger partial charge on any atom is -0.326 e. The Labute approximate surface area is 160 Å². The Morgan fingerprint density at radius 1 is 0.640 bits per heavy atom. The van der Waals surface area contributed by atoms with Crippen molar-refractivity contribution >= 4 is 0 Å². The Balaban J connectivity index is 3.39. The van der Waals surface area contributed by atoms with Gasteiger partial charge in [-0.2, -0.15) is 0 Å². The Morgan fingerprint density at radius 3 is 1.60 bits per heavy atom. The fraction of sp³-hybridized carbons (Fsp3) is 0.917. The van der Waals surface area contributed by atoms with Gasteiger partial charge in [-0.05, 0) is 51.9 Å². The van der Waals surface area contributed by atoms with Gasteiger partial charge < -0.3 is 4.48 Å². The van der Waals surface area contributed by atoms with Crippen LogP contribution in [-0.2, 0) is 0 Å². The third-order valence-corrected chi connectivity index (χ3v) is 6.07. The molecule has 0 aromatic heterocycles. The van der Waals surface area contributed by atoms with E-state index in [1.54, 1.807) is 0 Å². The van der Waals surface area contributed by atoms with Crippen molar-refractivity contribution in [1.29, 1.82) is 0 Å². The maximum absolute atomic E-state index is 2.43. The van der Waals surface area contributed by atoms with E-state index in [0.717, 1.165) is 6.04 Å². The Morgan fingerprint density at radius 2 is 1.12 bits per heavy atom. The number of nitrogens with zero attached hydrogens (tertiary/aromatic N) is 1. The molecule has 1 nitrogen and oxygen atoms in total.